The van der Waals surface area contributed by atoms with Gasteiger partial charge in [-0.2, -0.15) is 0 Å². The van der Waals surface area contributed by atoms with Crippen molar-refractivity contribution in [3.8, 4) is 0 Å². The first-order valence-corrected chi connectivity index (χ1v) is 10.9. The Kier molecular flexibility index (Phi) is 6.02. The summed E-state index contributed by atoms with van der Waals surface area (Å²) in [6.45, 7) is 3.32. The lowest BCUT2D eigenvalue weighted by Crippen LogP contribution is -2.40. The quantitative estimate of drug-likeness (QED) is 0.715. The summed E-state index contributed by atoms with van der Waals surface area (Å²) in [5, 5.41) is 2.89. The second-order valence-electron chi connectivity index (χ2n) is 7.39. The molecule has 1 saturated carbocycles. The van der Waals surface area contributed by atoms with Crippen LogP contribution >= 0.6 is 0 Å². The van der Waals surface area contributed by atoms with Gasteiger partial charge in [-0.3, -0.25) is 14.5 Å². The lowest BCUT2D eigenvalue weighted by molar-refractivity contribution is -0.149. The zero-order valence-electron chi connectivity index (χ0n) is 16.0. The van der Waals surface area contributed by atoms with E-state index in [1.807, 2.05) is 0 Å². The number of sulfonamides is 1. The van der Waals surface area contributed by atoms with Gasteiger partial charge in [-0.25, -0.2) is 13.2 Å². The first-order chi connectivity index (χ1) is 13.3. The second-order valence-corrected chi connectivity index (χ2v) is 9.04. The largest absolute Gasteiger partial charge is 0.454 e. The molecule has 1 aliphatic heterocycles. The number of hydrogen-bond donors (Lipinski definition) is 2. The fourth-order valence-electron chi connectivity index (χ4n) is 3.41. The number of amidine groups is 1. The third-order valence-corrected chi connectivity index (χ3v) is 6.45. The van der Waals surface area contributed by atoms with Crippen LogP contribution in [-0.4, -0.2) is 44.8 Å². The van der Waals surface area contributed by atoms with Gasteiger partial charge >= 0.3 is 5.97 Å². The van der Waals surface area contributed by atoms with Crippen LogP contribution in [-0.2, 0) is 24.3 Å². The Balaban J connectivity index is 1.54. The van der Waals surface area contributed by atoms with Crippen LogP contribution in [0.2, 0.25) is 0 Å². The van der Waals surface area contributed by atoms with Crippen molar-refractivity contribution >= 4 is 27.7 Å². The summed E-state index contributed by atoms with van der Waals surface area (Å²) in [6.07, 6.45) is 4.03. The minimum atomic E-state index is -3.67. The van der Waals surface area contributed by atoms with Gasteiger partial charge < -0.3 is 10.1 Å². The van der Waals surface area contributed by atoms with Gasteiger partial charge in [0.05, 0.1) is 4.90 Å². The van der Waals surface area contributed by atoms with E-state index in [0.717, 1.165) is 25.7 Å². The smallest absolute Gasteiger partial charge is 0.331 e. The number of rotatable bonds is 5. The van der Waals surface area contributed by atoms with Gasteiger partial charge in [-0.1, -0.05) is 19.1 Å². The predicted octanol–water partition coefficient (Wildman–Crippen LogP) is 1.35. The predicted molar refractivity (Wildman–Crippen MR) is 103 cm³/mol. The van der Waals surface area contributed by atoms with E-state index in [1.54, 1.807) is 18.2 Å². The SMILES string of the molecule is CC1CCC(NC(=O)COC(=O)C(C)N=C2NS(=O)(=O)c3ccccc32)CC1. The van der Waals surface area contributed by atoms with E-state index in [0.29, 0.717) is 11.5 Å². The van der Waals surface area contributed by atoms with Crippen molar-refractivity contribution in [1.82, 2.24) is 10.0 Å². The van der Waals surface area contributed by atoms with E-state index in [-0.39, 0.29) is 29.3 Å². The minimum absolute atomic E-state index is 0.0980. The number of amides is 1. The van der Waals surface area contributed by atoms with E-state index in [2.05, 4.69) is 22.0 Å². The molecule has 1 aromatic carbocycles. The van der Waals surface area contributed by atoms with E-state index < -0.39 is 22.0 Å². The monoisotopic (exact) mass is 407 g/mol. The highest BCUT2D eigenvalue weighted by molar-refractivity contribution is 7.90. The number of nitrogens with one attached hydrogen (secondary N) is 2. The minimum Gasteiger partial charge on any atom is -0.454 e. The van der Waals surface area contributed by atoms with Gasteiger partial charge in [0.15, 0.2) is 6.61 Å². The zero-order valence-corrected chi connectivity index (χ0v) is 16.8. The van der Waals surface area contributed by atoms with Crippen molar-refractivity contribution in [1.29, 1.82) is 0 Å². The molecule has 152 valence electrons. The summed E-state index contributed by atoms with van der Waals surface area (Å²) in [6, 6.07) is 5.57. The normalized spacial score (nSPS) is 25.4. The second kappa shape index (κ2) is 8.30. The van der Waals surface area contributed by atoms with E-state index in [1.165, 1.54) is 13.0 Å². The molecule has 9 heteroatoms. The third kappa shape index (κ3) is 4.70. The van der Waals surface area contributed by atoms with E-state index >= 15 is 0 Å². The number of esters is 1. The molecule has 0 aromatic heterocycles. The van der Waals surface area contributed by atoms with Crippen molar-refractivity contribution in [3.05, 3.63) is 29.8 Å². The molecule has 0 saturated heterocycles. The molecule has 8 nitrogen and oxygen atoms in total. The van der Waals surface area contributed by atoms with Crippen LogP contribution in [0.1, 0.15) is 45.1 Å². The highest BCUT2D eigenvalue weighted by atomic mass is 32.2. The standard InChI is InChI=1S/C19H25N3O5S/c1-12-7-9-14(10-8-12)21-17(23)11-27-19(24)13(2)20-18-15-5-3-4-6-16(15)28(25,26)22-18/h3-6,12-14H,7-11H2,1-2H3,(H,20,22)(H,21,23). The maximum Gasteiger partial charge on any atom is 0.331 e. The lowest BCUT2D eigenvalue weighted by Gasteiger charge is -2.26. The highest BCUT2D eigenvalue weighted by Crippen LogP contribution is 2.24. The Labute approximate surface area is 164 Å². The van der Waals surface area contributed by atoms with Crippen LogP contribution in [0.3, 0.4) is 0 Å². The Morgan fingerprint density at radius 1 is 1.25 bits per heavy atom. The van der Waals surface area contributed by atoms with Crippen LogP contribution in [0.15, 0.2) is 34.2 Å². The maximum absolute atomic E-state index is 12.2. The Hall–Kier alpha value is -2.42. The van der Waals surface area contributed by atoms with Gasteiger partial charge in [0.1, 0.15) is 11.9 Å². The fraction of sp³-hybridized carbons (Fsp3) is 0.526. The molecule has 1 amide bonds. The van der Waals surface area contributed by atoms with Crippen LogP contribution in [0.4, 0.5) is 0 Å². The average molecular weight is 407 g/mol. The molecular formula is C19H25N3O5S. The molecule has 0 bridgehead atoms. The molecular weight excluding hydrogens is 382 g/mol. The Morgan fingerprint density at radius 2 is 1.93 bits per heavy atom. The molecule has 1 aromatic rings. The van der Waals surface area contributed by atoms with Crippen LogP contribution < -0.4 is 10.0 Å². The van der Waals surface area contributed by atoms with E-state index in [9.17, 15) is 18.0 Å². The summed E-state index contributed by atoms with van der Waals surface area (Å²) in [4.78, 5) is 28.4. The molecule has 2 aliphatic rings. The van der Waals surface area contributed by atoms with Crippen LogP contribution in [0.25, 0.3) is 0 Å². The Bertz CT molecular complexity index is 889. The molecule has 1 unspecified atom stereocenters. The summed E-state index contributed by atoms with van der Waals surface area (Å²) in [5.41, 5.74) is 0.409. The lowest BCUT2D eigenvalue weighted by atomic mass is 9.87. The van der Waals surface area contributed by atoms with Crippen LogP contribution in [0.5, 0.6) is 0 Å². The van der Waals surface area contributed by atoms with Crippen molar-refractivity contribution < 1.29 is 22.7 Å². The summed E-state index contributed by atoms with van der Waals surface area (Å²) < 4.78 is 31.5. The molecule has 1 heterocycles. The summed E-state index contributed by atoms with van der Waals surface area (Å²) >= 11 is 0. The topological polar surface area (TPSA) is 114 Å². The number of fused-ring (bicyclic) bond motifs is 1. The molecule has 0 spiro atoms. The molecule has 28 heavy (non-hydrogen) atoms. The molecule has 1 atom stereocenters. The fourth-order valence-corrected chi connectivity index (χ4v) is 4.65. The number of hydrogen-bond acceptors (Lipinski definition) is 6. The molecule has 1 fully saturated rings. The first kappa shape index (κ1) is 20.3. The number of benzene rings is 1. The molecule has 1 aliphatic carbocycles. The summed E-state index contributed by atoms with van der Waals surface area (Å²) in [7, 11) is -3.67. The molecule has 0 radical (unpaired) electrons. The number of ether oxygens (including phenoxy) is 1. The number of carbonyl (C=O) groups excluding carboxylic acids is 2. The molecule has 3 rings (SSSR count). The van der Waals surface area contributed by atoms with Gasteiger partial charge in [-0.05, 0) is 50.7 Å². The van der Waals surface area contributed by atoms with Gasteiger partial charge in [0, 0.05) is 11.6 Å². The van der Waals surface area contributed by atoms with Crippen LogP contribution in [0, 0.1) is 5.92 Å². The average Bonchev–Trinajstić information content (AvgIpc) is 2.92. The molecule has 2 N–H and O–H groups in total. The Morgan fingerprint density at radius 3 is 2.64 bits per heavy atom. The number of carbonyl (C=O) groups is 2. The van der Waals surface area contributed by atoms with Gasteiger partial charge in [-0.15, -0.1) is 0 Å². The third-order valence-electron chi connectivity index (χ3n) is 5.05. The summed E-state index contributed by atoms with van der Waals surface area (Å²) in [5.74, 6) is -0.243. The van der Waals surface area contributed by atoms with Crippen molar-refractivity contribution in [2.24, 2.45) is 10.9 Å². The van der Waals surface area contributed by atoms with E-state index in [4.69, 9.17) is 4.74 Å². The number of aliphatic imine (C=N–C) groups is 1. The highest BCUT2D eigenvalue weighted by Gasteiger charge is 2.31. The zero-order chi connectivity index (χ0) is 20.3. The van der Waals surface area contributed by atoms with Gasteiger partial charge in [0.25, 0.3) is 15.9 Å². The number of nitrogens with zero attached hydrogens (tertiary/aromatic N) is 1. The van der Waals surface area contributed by atoms with Crippen molar-refractivity contribution in [2.75, 3.05) is 6.61 Å². The maximum atomic E-state index is 12.2. The van der Waals surface area contributed by atoms with Crippen molar-refractivity contribution in [2.45, 2.75) is 56.5 Å². The first-order valence-electron chi connectivity index (χ1n) is 9.42. The van der Waals surface area contributed by atoms with Gasteiger partial charge in [0.2, 0.25) is 0 Å². The van der Waals surface area contributed by atoms with Crippen molar-refractivity contribution in [3.63, 3.8) is 0 Å².